The van der Waals surface area contributed by atoms with Crippen molar-refractivity contribution in [3.8, 4) is 0 Å². The zero-order valence-corrected chi connectivity index (χ0v) is 16.8. The lowest BCUT2D eigenvalue weighted by Crippen LogP contribution is -2.02. The number of aliphatic imine (C=N–C) groups is 1. The van der Waals surface area contributed by atoms with Crippen LogP contribution in [0.1, 0.15) is 72.1 Å². The third-order valence-electron chi connectivity index (χ3n) is 4.68. The van der Waals surface area contributed by atoms with Crippen molar-refractivity contribution in [2.45, 2.75) is 72.1 Å². The predicted octanol–water partition coefficient (Wildman–Crippen LogP) is 6.60. The summed E-state index contributed by atoms with van der Waals surface area (Å²) < 4.78 is 5.11. The summed E-state index contributed by atoms with van der Waals surface area (Å²) in [6.45, 7) is 8.24. The Kier molecular flexibility index (Phi) is 12.0. The van der Waals surface area contributed by atoms with Gasteiger partial charge in [0.25, 0.3) is 0 Å². The number of allylic oxidation sites excluding steroid dienone is 7. The predicted molar refractivity (Wildman–Crippen MR) is 112 cm³/mol. The SMILES string of the molecule is C/C=C(\CC=CCC1=NCCCCCC=C1CC)C/C(C)=C\COC. The summed E-state index contributed by atoms with van der Waals surface area (Å²) in [6.07, 6.45) is 20.6. The van der Waals surface area contributed by atoms with Crippen LogP contribution in [0.15, 0.2) is 52.1 Å². The second kappa shape index (κ2) is 13.8. The highest BCUT2D eigenvalue weighted by Gasteiger charge is 2.05. The van der Waals surface area contributed by atoms with Crippen LogP contribution in [0.2, 0.25) is 0 Å². The summed E-state index contributed by atoms with van der Waals surface area (Å²) >= 11 is 0. The van der Waals surface area contributed by atoms with Gasteiger partial charge in [0.2, 0.25) is 0 Å². The molecule has 0 aliphatic carbocycles. The average Bonchev–Trinajstić information content (AvgIpc) is 2.74. The molecule has 2 nitrogen and oxygen atoms in total. The highest BCUT2D eigenvalue weighted by atomic mass is 16.5. The first-order valence-corrected chi connectivity index (χ1v) is 9.87. The Morgan fingerprint density at radius 1 is 1.24 bits per heavy atom. The Hall–Kier alpha value is -1.41. The number of ether oxygens (including phenoxy) is 1. The van der Waals surface area contributed by atoms with E-state index in [4.69, 9.17) is 9.73 Å². The highest BCUT2D eigenvalue weighted by Crippen LogP contribution is 2.17. The molecule has 0 bridgehead atoms. The van der Waals surface area contributed by atoms with Gasteiger partial charge in [-0.05, 0) is 57.9 Å². The molecule has 1 rings (SSSR count). The number of hydrogen-bond acceptors (Lipinski definition) is 2. The Bertz CT molecular complexity index is 520. The van der Waals surface area contributed by atoms with E-state index in [1.54, 1.807) is 7.11 Å². The smallest absolute Gasteiger partial charge is 0.0646 e. The van der Waals surface area contributed by atoms with Gasteiger partial charge in [0.1, 0.15) is 0 Å². The van der Waals surface area contributed by atoms with Crippen LogP contribution in [0.3, 0.4) is 0 Å². The average molecular weight is 344 g/mol. The van der Waals surface area contributed by atoms with E-state index in [0.717, 1.165) is 32.2 Å². The molecule has 0 aromatic heterocycles. The molecule has 0 atom stereocenters. The van der Waals surface area contributed by atoms with Crippen LogP contribution in [0, 0.1) is 0 Å². The van der Waals surface area contributed by atoms with Gasteiger partial charge in [-0.3, -0.25) is 4.99 Å². The minimum absolute atomic E-state index is 0.699. The lowest BCUT2D eigenvalue weighted by molar-refractivity contribution is 0.233. The van der Waals surface area contributed by atoms with Crippen LogP contribution in [-0.2, 0) is 4.74 Å². The van der Waals surface area contributed by atoms with Crippen LogP contribution in [0.25, 0.3) is 0 Å². The van der Waals surface area contributed by atoms with Crippen molar-refractivity contribution >= 4 is 5.71 Å². The molecule has 0 amide bonds. The fourth-order valence-electron chi connectivity index (χ4n) is 3.06. The Balaban J connectivity index is 2.57. The molecule has 0 N–H and O–H groups in total. The van der Waals surface area contributed by atoms with Crippen LogP contribution in [0.5, 0.6) is 0 Å². The van der Waals surface area contributed by atoms with E-state index in [9.17, 15) is 0 Å². The van der Waals surface area contributed by atoms with Gasteiger partial charge in [-0.2, -0.15) is 0 Å². The molecule has 0 fully saturated rings. The molecule has 0 saturated carbocycles. The van der Waals surface area contributed by atoms with Crippen LogP contribution < -0.4 is 0 Å². The molecule has 1 heterocycles. The maximum Gasteiger partial charge on any atom is 0.0646 e. The molecule has 25 heavy (non-hydrogen) atoms. The van der Waals surface area contributed by atoms with Crippen molar-refractivity contribution in [1.29, 1.82) is 0 Å². The van der Waals surface area contributed by atoms with E-state index >= 15 is 0 Å². The molecule has 0 saturated heterocycles. The van der Waals surface area contributed by atoms with Crippen molar-refractivity contribution in [1.82, 2.24) is 0 Å². The minimum Gasteiger partial charge on any atom is -0.381 e. The molecule has 1 aliphatic heterocycles. The molecule has 0 spiro atoms. The number of hydrogen-bond donors (Lipinski definition) is 0. The summed E-state index contributed by atoms with van der Waals surface area (Å²) in [7, 11) is 1.74. The zero-order valence-electron chi connectivity index (χ0n) is 16.8. The Morgan fingerprint density at radius 3 is 2.80 bits per heavy atom. The highest BCUT2D eigenvalue weighted by molar-refractivity contribution is 6.01. The van der Waals surface area contributed by atoms with Gasteiger partial charge in [0.05, 0.1) is 6.61 Å². The summed E-state index contributed by atoms with van der Waals surface area (Å²) in [6, 6.07) is 0. The van der Waals surface area contributed by atoms with E-state index in [1.165, 1.54) is 48.1 Å². The molecule has 2 heteroatoms. The maximum atomic E-state index is 5.11. The van der Waals surface area contributed by atoms with Crippen LogP contribution in [-0.4, -0.2) is 26.0 Å². The van der Waals surface area contributed by atoms with Crippen molar-refractivity contribution < 1.29 is 4.74 Å². The first kappa shape index (κ1) is 21.6. The van der Waals surface area contributed by atoms with Gasteiger partial charge in [-0.25, -0.2) is 0 Å². The minimum atomic E-state index is 0.699. The van der Waals surface area contributed by atoms with Gasteiger partial charge in [0.15, 0.2) is 0 Å². The molecule has 140 valence electrons. The molecule has 0 unspecified atom stereocenters. The van der Waals surface area contributed by atoms with Gasteiger partial charge in [-0.15, -0.1) is 0 Å². The fraction of sp³-hybridized carbons (Fsp3) is 0.609. The molecular formula is C23H37NO. The zero-order chi connectivity index (χ0) is 18.3. The van der Waals surface area contributed by atoms with Gasteiger partial charge >= 0.3 is 0 Å². The summed E-state index contributed by atoms with van der Waals surface area (Å²) in [4.78, 5) is 4.87. The normalized spacial score (nSPS) is 17.8. The van der Waals surface area contributed by atoms with Gasteiger partial charge in [-0.1, -0.05) is 54.9 Å². The standard InChI is InChI=1S/C23H37NO/c1-5-21(19-20(3)16-18-25-4)13-10-11-15-23-22(6-2)14-9-7-8-12-17-24-23/h5,10-11,14,16H,6-9,12-13,15,17-19H2,1-4H3/b11-10?,20-16-,21-5+,22-14?,24-23?. The maximum absolute atomic E-state index is 5.11. The van der Waals surface area contributed by atoms with Crippen molar-refractivity contribution in [2.75, 3.05) is 20.3 Å². The van der Waals surface area contributed by atoms with E-state index in [1.807, 2.05) is 0 Å². The summed E-state index contributed by atoms with van der Waals surface area (Å²) in [5, 5.41) is 0. The van der Waals surface area contributed by atoms with E-state index < -0.39 is 0 Å². The second-order valence-electron chi connectivity index (χ2n) is 6.77. The molecular weight excluding hydrogens is 306 g/mol. The number of rotatable bonds is 9. The largest absolute Gasteiger partial charge is 0.381 e. The third kappa shape index (κ3) is 9.60. The molecule has 1 aliphatic rings. The van der Waals surface area contributed by atoms with E-state index in [0.29, 0.717) is 6.61 Å². The van der Waals surface area contributed by atoms with Gasteiger partial charge < -0.3 is 4.74 Å². The quantitative estimate of drug-likeness (QED) is 0.432. The van der Waals surface area contributed by atoms with E-state index in [2.05, 4.69) is 51.2 Å². The van der Waals surface area contributed by atoms with E-state index in [-0.39, 0.29) is 0 Å². The number of nitrogens with zero attached hydrogens (tertiary/aromatic N) is 1. The number of methoxy groups -OCH3 is 1. The van der Waals surface area contributed by atoms with Crippen LogP contribution in [0.4, 0.5) is 0 Å². The first-order chi connectivity index (χ1) is 12.2. The summed E-state index contributed by atoms with van der Waals surface area (Å²) in [5.74, 6) is 0. The fourth-order valence-corrected chi connectivity index (χ4v) is 3.06. The van der Waals surface area contributed by atoms with Crippen molar-refractivity contribution in [2.24, 2.45) is 4.99 Å². The third-order valence-corrected chi connectivity index (χ3v) is 4.68. The van der Waals surface area contributed by atoms with Crippen LogP contribution >= 0.6 is 0 Å². The monoisotopic (exact) mass is 343 g/mol. The lowest BCUT2D eigenvalue weighted by Gasteiger charge is -2.08. The summed E-state index contributed by atoms with van der Waals surface area (Å²) in [5.41, 5.74) is 5.60. The van der Waals surface area contributed by atoms with Gasteiger partial charge in [0, 0.05) is 25.8 Å². The lowest BCUT2D eigenvalue weighted by atomic mass is 10.0. The first-order valence-electron chi connectivity index (χ1n) is 9.87. The Morgan fingerprint density at radius 2 is 2.08 bits per heavy atom. The molecule has 0 aromatic rings. The molecule has 0 radical (unpaired) electrons. The van der Waals surface area contributed by atoms with Crippen molar-refractivity contribution in [3.05, 3.63) is 47.1 Å². The van der Waals surface area contributed by atoms with Crippen molar-refractivity contribution in [3.63, 3.8) is 0 Å². The topological polar surface area (TPSA) is 21.6 Å². The molecule has 0 aromatic carbocycles. The Labute approximate surface area is 155 Å². The second-order valence-corrected chi connectivity index (χ2v) is 6.77.